The van der Waals surface area contributed by atoms with Crippen molar-refractivity contribution in [3.05, 3.63) is 27.2 Å². The Morgan fingerprint density at radius 3 is 2.19 bits per heavy atom. The summed E-state index contributed by atoms with van der Waals surface area (Å²) in [5, 5.41) is 0. The minimum Gasteiger partial charge on any atom is -0.325 e. The molecule has 0 saturated carbocycles. The second-order valence-corrected chi connectivity index (χ2v) is 9.96. The van der Waals surface area contributed by atoms with Crippen LogP contribution in [-0.4, -0.2) is 38.1 Å². The summed E-state index contributed by atoms with van der Waals surface area (Å²) in [4.78, 5) is 30.4. The van der Waals surface area contributed by atoms with Gasteiger partial charge in [-0.3, -0.25) is 18.5 Å². The molecule has 9 nitrogen and oxygen atoms in total. The minimum atomic E-state index is -3.00. The van der Waals surface area contributed by atoms with Gasteiger partial charge < -0.3 is 13.6 Å². The number of nitrogens with zero attached hydrogens (tertiary/aromatic N) is 4. The maximum Gasteiger partial charge on any atom is 0.332 e. The molecule has 176 valence electrons. The van der Waals surface area contributed by atoms with Crippen LogP contribution in [0.5, 0.6) is 0 Å². The van der Waals surface area contributed by atoms with Gasteiger partial charge in [0.2, 0.25) is 0 Å². The second-order valence-electron chi connectivity index (χ2n) is 7.59. The number of aromatic nitrogens is 4. The molecule has 0 aliphatic heterocycles. The Morgan fingerprint density at radius 1 is 0.903 bits per heavy atom. The Hall–Kier alpha value is -1.70. The summed E-state index contributed by atoms with van der Waals surface area (Å²) < 4.78 is 27.9. The van der Waals surface area contributed by atoms with E-state index in [0.717, 1.165) is 32.1 Å². The topological polar surface area (TPSA) is 97.3 Å². The van der Waals surface area contributed by atoms with Gasteiger partial charge in [-0.25, -0.2) is 9.78 Å². The zero-order valence-corrected chi connectivity index (χ0v) is 20.2. The fourth-order valence-electron chi connectivity index (χ4n) is 3.44. The van der Waals surface area contributed by atoms with Crippen LogP contribution in [0.4, 0.5) is 0 Å². The van der Waals surface area contributed by atoms with Crippen molar-refractivity contribution in [3.63, 3.8) is 0 Å². The average Bonchev–Trinajstić information content (AvgIpc) is 3.17. The molecule has 0 amide bonds. The van der Waals surface area contributed by atoms with Gasteiger partial charge >= 0.3 is 13.3 Å². The van der Waals surface area contributed by atoms with Crippen molar-refractivity contribution in [1.29, 1.82) is 0 Å². The van der Waals surface area contributed by atoms with Gasteiger partial charge in [-0.15, -0.1) is 0 Å². The molecule has 31 heavy (non-hydrogen) atoms. The predicted molar refractivity (Wildman–Crippen MR) is 123 cm³/mol. The molecular weight excluding hydrogens is 419 g/mol. The smallest absolute Gasteiger partial charge is 0.325 e. The highest BCUT2D eigenvalue weighted by molar-refractivity contribution is 7.53. The highest BCUT2D eigenvalue weighted by Gasteiger charge is 2.21. The summed E-state index contributed by atoms with van der Waals surface area (Å²) in [5.74, 6) is 0. The van der Waals surface area contributed by atoms with E-state index in [4.69, 9.17) is 9.05 Å². The van der Waals surface area contributed by atoms with Crippen LogP contribution in [0.15, 0.2) is 15.9 Å². The molecule has 2 aromatic rings. The largest absolute Gasteiger partial charge is 0.332 e. The molecule has 0 bridgehead atoms. The molecule has 0 aliphatic carbocycles. The standard InChI is InChI=1S/C21H37N4O5P/c1-5-9-14-24-19-18(20(26)25(21(24)27)15-10-6-2)23(17-22-19)13-11-12-16-30-31(28,8-4)29-7-3/h17H,5-16H2,1-4H3. The molecule has 0 N–H and O–H groups in total. The minimum absolute atomic E-state index is 0.274. The summed E-state index contributed by atoms with van der Waals surface area (Å²) in [5.41, 5.74) is 0.381. The molecule has 1 unspecified atom stereocenters. The van der Waals surface area contributed by atoms with E-state index in [1.165, 1.54) is 4.57 Å². The maximum absolute atomic E-state index is 13.1. The molecule has 0 aromatic carbocycles. The molecule has 0 fully saturated rings. The summed E-state index contributed by atoms with van der Waals surface area (Å²) in [6, 6.07) is 0. The van der Waals surface area contributed by atoms with Gasteiger partial charge in [0.15, 0.2) is 11.2 Å². The quantitative estimate of drug-likeness (QED) is 0.297. The highest BCUT2D eigenvalue weighted by Crippen LogP contribution is 2.47. The van der Waals surface area contributed by atoms with Crippen LogP contribution in [0.2, 0.25) is 0 Å². The third-order valence-corrected chi connectivity index (χ3v) is 7.25. The summed E-state index contributed by atoms with van der Waals surface area (Å²) in [7, 11) is -3.00. The van der Waals surface area contributed by atoms with Crippen LogP contribution in [0.1, 0.15) is 66.2 Å². The molecule has 2 aromatic heterocycles. The molecule has 0 aliphatic rings. The lowest BCUT2D eigenvalue weighted by Crippen LogP contribution is -2.40. The van der Waals surface area contributed by atoms with Gasteiger partial charge in [-0.2, -0.15) is 0 Å². The van der Waals surface area contributed by atoms with Crippen LogP contribution in [-0.2, 0) is 33.2 Å². The van der Waals surface area contributed by atoms with Gasteiger partial charge in [0.05, 0.1) is 19.5 Å². The fraction of sp³-hybridized carbons (Fsp3) is 0.762. The van der Waals surface area contributed by atoms with Gasteiger partial charge in [0.1, 0.15) is 0 Å². The van der Waals surface area contributed by atoms with E-state index in [9.17, 15) is 14.2 Å². The molecular formula is C21H37N4O5P. The number of fused-ring (bicyclic) bond motifs is 1. The normalized spacial score (nSPS) is 13.7. The van der Waals surface area contributed by atoms with Crippen LogP contribution < -0.4 is 11.2 Å². The van der Waals surface area contributed by atoms with Gasteiger partial charge in [-0.1, -0.05) is 33.6 Å². The monoisotopic (exact) mass is 456 g/mol. The first-order chi connectivity index (χ1) is 14.9. The van der Waals surface area contributed by atoms with Crippen molar-refractivity contribution in [3.8, 4) is 0 Å². The molecule has 2 heterocycles. The lowest BCUT2D eigenvalue weighted by Gasteiger charge is -2.16. The summed E-state index contributed by atoms with van der Waals surface area (Å²) >= 11 is 0. The molecule has 10 heteroatoms. The van der Waals surface area contributed by atoms with Crippen molar-refractivity contribution in [2.45, 2.75) is 85.9 Å². The van der Waals surface area contributed by atoms with E-state index in [1.807, 2.05) is 11.5 Å². The zero-order valence-electron chi connectivity index (χ0n) is 19.3. The number of aryl methyl sites for hydroxylation is 2. The van der Waals surface area contributed by atoms with Gasteiger partial charge in [-0.05, 0) is 32.6 Å². The second kappa shape index (κ2) is 12.4. The van der Waals surface area contributed by atoms with Crippen LogP contribution in [0.25, 0.3) is 11.2 Å². The third-order valence-electron chi connectivity index (χ3n) is 5.25. The molecule has 2 rings (SSSR count). The lowest BCUT2D eigenvalue weighted by molar-refractivity contribution is 0.208. The van der Waals surface area contributed by atoms with E-state index in [2.05, 4.69) is 11.9 Å². The Bertz CT molecular complexity index is 994. The predicted octanol–water partition coefficient (Wildman–Crippen LogP) is 4.01. The number of unbranched alkanes of at least 4 members (excludes halogenated alkanes) is 3. The van der Waals surface area contributed by atoms with Crippen molar-refractivity contribution >= 4 is 18.8 Å². The Kier molecular flexibility index (Phi) is 10.2. The Labute approximate surface area is 183 Å². The maximum atomic E-state index is 13.1. The highest BCUT2D eigenvalue weighted by atomic mass is 31.2. The van der Waals surface area contributed by atoms with Gasteiger partial charge in [0, 0.05) is 25.8 Å². The zero-order chi connectivity index (χ0) is 22.9. The van der Waals surface area contributed by atoms with Crippen molar-refractivity contribution in [2.75, 3.05) is 19.4 Å². The first kappa shape index (κ1) is 25.6. The summed E-state index contributed by atoms with van der Waals surface area (Å²) in [6.07, 6.45) is 6.86. The number of imidazole rings is 1. The van der Waals surface area contributed by atoms with E-state index in [0.29, 0.717) is 56.6 Å². The SMILES string of the molecule is CCCCn1c(=O)c2c(ncn2CCCCOP(=O)(CC)OCC)n(CCCC)c1=O. The van der Waals surface area contributed by atoms with Crippen molar-refractivity contribution < 1.29 is 13.6 Å². The number of hydrogen-bond donors (Lipinski definition) is 0. The molecule has 0 saturated heterocycles. The molecule has 0 radical (unpaired) electrons. The first-order valence-corrected chi connectivity index (χ1v) is 13.2. The van der Waals surface area contributed by atoms with Crippen LogP contribution in [0, 0.1) is 0 Å². The number of rotatable bonds is 15. The Balaban J connectivity index is 2.20. The van der Waals surface area contributed by atoms with Crippen molar-refractivity contribution in [1.82, 2.24) is 18.7 Å². The third kappa shape index (κ3) is 6.40. The molecule has 0 spiro atoms. The first-order valence-electron chi connectivity index (χ1n) is 11.5. The number of hydrogen-bond acceptors (Lipinski definition) is 6. The van der Waals surface area contributed by atoms with E-state index in [1.54, 1.807) is 24.7 Å². The average molecular weight is 457 g/mol. The van der Waals surface area contributed by atoms with E-state index in [-0.39, 0.29) is 11.2 Å². The van der Waals surface area contributed by atoms with Crippen molar-refractivity contribution in [2.24, 2.45) is 0 Å². The Morgan fingerprint density at radius 2 is 1.58 bits per heavy atom. The summed E-state index contributed by atoms with van der Waals surface area (Å²) in [6.45, 7) is 9.91. The van der Waals surface area contributed by atoms with Crippen LogP contribution >= 0.6 is 7.60 Å². The lowest BCUT2D eigenvalue weighted by atomic mass is 10.3. The van der Waals surface area contributed by atoms with E-state index < -0.39 is 7.60 Å². The molecule has 1 atom stereocenters. The van der Waals surface area contributed by atoms with Gasteiger partial charge in [0.25, 0.3) is 5.56 Å². The van der Waals surface area contributed by atoms with E-state index >= 15 is 0 Å². The van der Waals surface area contributed by atoms with Crippen LogP contribution in [0.3, 0.4) is 0 Å². The fourth-order valence-corrected chi connectivity index (χ4v) is 4.68.